The van der Waals surface area contributed by atoms with Gasteiger partial charge in [0.1, 0.15) is 0 Å². The van der Waals surface area contributed by atoms with E-state index in [0.29, 0.717) is 0 Å². The first-order valence-corrected chi connectivity index (χ1v) is 5.58. The van der Waals surface area contributed by atoms with E-state index < -0.39 is 0 Å². The number of anilines is 1. The molecule has 1 heterocycles. The highest BCUT2D eigenvalue weighted by Crippen LogP contribution is 2.27. The Morgan fingerprint density at radius 2 is 1.93 bits per heavy atom. The van der Waals surface area contributed by atoms with Crippen LogP contribution in [0.25, 0.3) is 0 Å². The van der Waals surface area contributed by atoms with Gasteiger partial charge in [0.15, 0.2) is 0 Å². The molecule has 2 rings (SSSR count). The summed E-state index contributed by atoms with van der Waals surface area (Å²) in [4.78, 5) is 2.35. The molecule has 0 saturated carbocycles. The summed E-state index contributed by atoms with van der Waals surface area (Å²) in [5.41, 5.74) is 4.42. The average Bonchev–Trinajstić information content (AvgIpc) is 2.23. The van der Waals surface area contributed by atoms with Gasteiger partial charge in [-0.15, -0.1) is 0 Å². The maximum Gasteiger partial charge on any atom is 0.0398 e. The highest BCUT2D eigenvalue weighted by atomic mass is 15.1. The lowest BCUT2D eigenvalue weighted by Gasteiger charge is -2.28. The molecule has 0 unspecified atom stereocenters. The van der Waals surface area contributed by atoms with Crippen LogP contribution in [-0.2, 0) is 6.42 Å². The topological polar surface area (TPSA) is 3.24 Å². The predicted octanol–water partition coefficient (Wildman–Crippen LogP) is 3.40. The summed E-state index contributed by atoms with van der Waals surface area (Å²) in [6, 6.07) is 6.58. The molecule has 1 aliphatic heterocycles. The van der Waals surface area contributed by atoms with Crippen LogP contribution in [0.2, 0.25) is 0 Å². The van der Waals surface area contributed by atoms with Crippen LogP contribution in [0.5, 0.6) is 0 Å². The molecule has 1 heteroatoms. The van der Waals surface area contributed by atoms with E-state index in [9.17, 15) is 0 Å². The van der Waals surface area contributed by atoms with Crippen molar-refractivity contribution in [2.24, 2.45) is 0 Å². The highest BCUT2D eigenvalue weighted by molar-refractivity contribution is 5.57. The minimum atomic E-state index is 1.20. The molecule has 0 aromatic heterocycles. The zero-order chi connectivity index (χ0) is 10.6. The summed E-state index contributed by atoms with van der Waals surface area (Å²) >= 11 is 0. The van der Waals surface area contributed by atoms with Crippen LogP contribution in [-0.4, -0.2) is 13.6 Å². The maximum absolute atomic E-state index is 2.35. The van der Waals surface area contributed by atoms with Crippen molar-refractivity contribution in [1.82, 2.24) is 0 Å². The van der Waals surface area contributed by atoms with Crippen LogP contribution in [0.15, 0.2) is 18.2 Å². The van der Waals surface area contributed by atoms with Crippen molar-refractivity contribution in [2.75, 3.05) is 18.5 Å². The standard InChI is InChI=1S/C11H15N.C2H6/c1-9-5-3-7-11-10(9)6-4-8-12(11)2;1-2/h3,5,7H,4,6,8H2,1-2H3;1-2H3. The molecule has 0 fully saturated rings. The Kier molecular flexibility index (Phi) is 3.99. The largest absolute Gasteiger partial charge is 0.374 e. The van der Waals surface area contributed by atoms with Gasteiger partial charge in [0, 0.05) is 19.3 Å². The van der Waals surface area contributed by atoms with E-state index in [2.05, 4.69) is 37.1 Å². The molecule has 0 saturated heterocycles. The van der Waals surface area contributed by atoms with Crippen LogP contribution in [0.1, 0.15) is 31.4 Å². The number of fused-ring (bicyclic) bond motifs is 1. The van der Waals surface area contributed by atoms with E-state index in [4.69, 9.17) is 0 Å². The summed E-state index contributed by atoms with van der Waals surface area (Å²) < 4.78 is 0. The third-order valence-corrected chi connectivity index (χ3v) is 2.72. The van der Waals surface area contributed by atoms with Gasteiger partial charge in [-0.1, -0.05) is 26.0 Å². The van der Waals surface area contributed by atoms with Crippen LogP contribution < -0.4 is 4.90 Å². The molecule has 78 valence electrons. The number of nitrogens with zero attached hydrogens (tertiary/aromatic N) is 1. The van der Waals surface area contributed by atoms with Crippen LogP contribution in [0.4, 0.5) is 5.69 Å². The second-order valence-electron chi connectivity index (χ2n) is 3.60. The summed E-state index contributed by atoms with van der Waals surface area (Å²) in [5, 5.41) is 0. The van der Waals surface area contributed by atoms with Crippen molar-refractivity contribution in [1.29, 1.82) is 0 Å². The molecule has 14 heavy (non-hydrogen) atoms. The van der Waals surface area contributed by atoms with E-state index in [1.165, 1.54) is 30.6 Å². The molecule has 1 aliphatic rings. The fourth-order valence-electron chi connectivity index (χ4n) is 1.98. The summed E-state index contributed by atoms with van der Waals surface area (Å²) in [6.45, 7) is 7.41. The first-order valence-electron chi connectivity index (χ1n) is 5.58. The first-order chi connectivity index (χ1) is 6.79. The lowest BCUT2D eigenvalue weighted by Crippen LogP contribution is -2.24. The van der Waals surface area contributed by atoms with Crippen molar-refractivity contribution in [3.63, 3.8) is 0 Å². The van der Waals surface area contributed by atoms with E-state index >= 15 is 0 Å². The number of benzene rings is 1. The summed E-state index contributed by atoms with van der Waals surface area (Å²) in [7, 11) is 2.18. The van der Waals surface area contributed by atoms with Gasteiger partial charge in [-0.25, -0.2) is 0 Å². The number of aryl methyl sites for hydroxylation is 1. The van der Waals surface area contributed by atoms with Crippen LogP contribution in [0, 0.1) is 6.92 Å². The molecule has 0 bridgehead atoms. The SMILES string of the molecule is CC.Cc1cccc2c1CCCN2C. The zero-order valence-corrected chi connectivity index (χ0v) is 9.80. The lowest BCUT2D eigenvalue weighted by atomic mass is 9.98. The lowest BCUT2D eigenvalue weighted by molar-refractivity contribution is 0.740. The second kappa shape index (κ2) is 5.04. The molecule has 0 spiro atoms. The second-order valence-corrected chi connectivity index (χ2v) is 3.60. The predicted molar refractivity (Wildman–Crippen MR) is 64.1 cm³/mol. The van der Waals surface area contributed by atoms with Gasteiger partial charge in [-0.2, -0.15) is 0 Å². The smallest absolute Gasteiger partial charge is 0.0398 e. The molecule has 1 aromatic rings. The van der Waals surface area contributed by atoms with Crippen LogP contribution >= 0.6 is 0 Å². The molecule has 0 N–H and O–H groups in total. The molecule has 0 radical (unpaired) electrons. The van der Waals surface area contributed by atoms with Gasteiger partial charge in [-0.3, -0.25) is 0 Å². The fourth-order valence-corrected chi connectivity index (χ4v) is 1.98. The van der Waals surface area contributed by atoms with Gasteiger partial charge in [-0.05, 0) is 37.0 Å². The van der Waals surface area contributed by atoms with Gasteiger partial charge < -0.3 is 4.90 Å². The van der Waals surface area contributed by atoms with Gasteiger partial charge in [0.25, 0.3) is 0 Å². The Labute approximate surface area is 87.7 Å². The Morgan fingerprint density at radius 1 is 1.21 bits per heavy atom. The van der Waals surface area contributed by atoms with E-state index in [0.717, 1.165) is 0 Å². The average molecular weight is 191 g/mol. The minimum absolute atomic E-state index is 1.20. The third kappa shape index (κ3) is 2.09. The van der Waals surface area contributed by atoms with Crippen molar-refractivity contribution in [3.8, 4) is 0 Å². The Morgan fingerprint density at radius 3 is 2.57 bits per heavy atom. The molecule has 0 amide bonds. The molecule has 0 aliphatic carbocycles. The van der Waals surface area contributed by atoms with Crippen molar-refractivity contribution in [3.05, 3.63) is 29.3 Å². The molecule has 1 nitrogen and oxygen atoms in total. The Bertz CT molecular complexity index is 291. The van der Waals surface area contributed by atoms with E-state index in [-0.39, 0.29) is 0 Å². The van der Waals surface area contributed by atoms with E-state index in [1.54, 1.807) is 5.56 Å². The zero-order valence-electron chi connectivity index (χ0n) is 9.80. The first kappa shape index (κ1) is 11.1. The third-order valence-electron chi connectivity index (χ3n) is 2.72. The molecular formula is C13H21N. The van der Waals surface area contributed by atoms with Crippen LogP contribution in [0.3, 0.4) is 0 Å². The number of rotatable bonds is 0. The van der Waals surface area contributed by atoms with Gasteiger partial charge >= 0.3 is 0 Å². The molecule has 1 aromatic carbocycles. The number of hydrogen-bond donors (Lipinski definition) is 0. The van der Waals surface area contributed by atoms with Crippen molar-refractivity contribution in [2.45, 2.75) is 33.6 Å². The molecular weight excluding hydrogens is 170 g/mol. The van der Waals surface area contributed by atoms with Crippen molar-refractivity contribution >= 4 is 5.69 Å². The quantitative estimate of drug-likeness (QED) is 0.607. The summed E-state index contributed by atoms with van der Waals surface area (Å²) in [5.74, 6) is 0. The summed E-state index contributed by atoms with van der Waals surface area (Å²) in [6.07, 6.45) is 2.56. The fraction of sp³-hybridized carbons (Fsp3) is 0.538. The minimum Gasteiger partial charge on any atom is -0.374 e. The number of hydrogen-bond acceptors (Lipinski definition) is 1. The van der Waals surface area contributed by atoms with E-state index in [1.807, 2.05) is 13.8 Å². The van der Waals surface area contributed by atoms with Crippen molar-refractivity contribution < 1.29 is 0 Å². The molecule has 0 atom stereocenters. The Hall–Kier alpha value is -0.980. The monoisotopic (exact) mass is 191 g/mol. The van der Waals surface area contributed by atoms with Gasteiger partial charge in [0.05, 0.1) is 0 Å². The normalized spacial score (nSPS) is 14.1. The van der Waals surface area contributed by atoms with Gasteiger partial charge in [0.2, 0.25) is 0 Å². The highest BCUT2D eigenvalue weighted by Gasteiger charge is 2.13. The Balaban J connectivity index is 0.000000461. The maximum atomic E-state index is 2.35.